The van der Waals surface area contributed by atoms with Crippen LogP contribution in [0.5, 0.6) is 0 Å². The average molecular weight is 264 g/mol. The highest BCUT2D eigenvalue weighted by atomic mass is 32.2. The molecule has 1 aliphatic rings. The van der Waals surface area contributed by atoms with Crippen LogP contribution >= 0.6 is 11.2 Å². The Bertz CT molecular complexity index is 274. The summed E-state index contributed by atoms with van der Waals surface area (Å²) >= 11 is -0.771. The number of carbonyl (C=O) groups is 1. The fourth-order valence-electron chi connectivity index (χ4n) is 1.45. The molecule has 0 N–H and O–H groups in total. The molecule has 1 fully saturated rings. The van der Waals surface area contributed by atoms with Gasteiger partial charge in [0.25, 0.3) is 0 Å². The Morgan fingerprint density at radius 3 is 2.65 bits per heavy atom. The molecule has 17 heavy (non-hydrogen) atoms. The number of hydrogen-bond donors (Lipinski definition) is 1. The lowest BCUT2D eigenvalue weighted by Gasteiger charge is -2.42. The van der Waals surface area contributed by atoms with Gasteiger partial charge in [-0.15, -0.1) is 11.2 Å². The molecule has 102 valence electrons. The Labute approximate surface area is 106 Å². The topological polar surface area (TPSA) is 44.8 Å². The summed E-state index contributed by atoms with van der Waals surface area (Å²) in [5, 5.41) is 0. The van der Waals surface area contributed by atoms with Crippen LogP contribution in [0.2, 0.25) is 0 Å². The molecule has 1 saturated heterocycles. The largest absolute Gasteiger partial charge is 0.465 e. The third-order valence-corrected chi connectivity index (χ3v) is 5.46. The minimum absolute atomic E-state index is 0.0159. The molecule has 1 aliphatic heterocycles. The van der Waals surface area contributed by atoms with Crippen LogP contribution in [0.1, 0.15) is 41.0 Å². The summed E-state index contributed by atoms with van der Waals surface area (Å²) in [6.07, 6.45) is 0.840. The normalized spacial score (nSPS) is 32.2. The standard InChI is InChI=1S/C12H24O4S/c1-6-7-14-10(13)12(5)8-15-16-17(9-12)11(2,3)4/h17H,6-9H2,1-5H3. The molecular formula is C12H24O4S. The van der Waals surface area contributed by atoms with Crippen molar-refractivity contribution >= 4 is 17.1 Å². The van der Waals surface area contributed by atoms with Crippen molar-refractivity contribution in [1.82, 2.24) is 0 Å². The predicted molar refractivity (Wildman–Crippen MR) is 70.0 cm³/mol. The van der Waals surface area contributed by atoms with Gasteiger partial charge in [-0.05, 0) is 13.3 Å². The summed E-state index contributed by atoms with van der Waals surface area (Å²) in [6.45, 7) is 10.9. The molecule has 0 amide bonds. The first-order chi connectivity index (χ1) is 7.79. The smallest absolute Gasteiger partial charge is 0.315 e. The molecule has 4 nitrogen and oxygen atoms in total. The molecule has 1 rings (SSSR count). The number of hydrogen-bond acceptors (Lipinski definition) is 4. The van der Waals surface area contributed by atoms with E-state index in [1.54, 1.807) is 0 Å². The molecule has 0 aliphatic carbocycles. The summed E-state index contributed by atoms with van der Waals surface area (Å²) in [4.78, 5) is 17.2. The Hall–Kier alpha value is -0.260. The zero-order valence-corrected chi connectivity index (χ0v) is 12.3. The average Bonchev–Trinajstić information content (AvgIpc) is 2.24. The Morgan fingerprint density at radius 2 is 2.12 bits per heavy atom. The van der Waals surface area contributed by atoms with E-state index < -0.39 is 16.6 Å². The summed E-state index contributed by atoms with van der Waals surface area (Å²) in [6, 6.07) is 0. The van der Waals surface area contributed by atoms with Gasteiger partial charge in [-0.2, -0.15) is 4.33 Å². The maximum Gasteiger partial charge on any atom is 0.315 e. The van der Waals surface area contributed by atoms with Crippen molar-refractivity contribution in [3.8, 4) is 0 Å². The van der Waals surface area contributed by atoms with Crippen LogP contribution in [0.3, 0.4) is 0 Å². The quantitative estimate of drug-likeness (QED) is 0.483. The van der Waals surface area contributed by atoms with Gasteiger partial charge in [0.1, 0.15) is 12.0 Å². The number of ether oxygens (including phenoxy) is 1. The SMILES string of the molecule is CCCOC(=O)C1(C)COO[SH](C(C)(C)C)C1. The monoisotopic (exact) mass is 264 g/mol. The lowest BCUT2D eigenvalue weighted by molar-refractivity contribution is -0.230. The van der Waals surface area contributed by atoms with Crippen molar-refractivity contribution in [3.05, 3.63) is 0 Å². The minimum atomic E-state index is -0.771. The van der Waals surface area contributed by atoms with E-state index in [0.717, 1.165) is 6.42 Å². The molecule has 0 saturated carbocycles. The third kappa shape index (κ3) is 3.86. The molecule has 0 radical (unpaired) electrons. The van der Waals surface area contributed by atoms with Crippen LogP contribution < -0.4 is 0 Å². The second kappa shape index (κ2) is 5.59. The van der Waals surface area contributed by atoms with Gasteiger partial charge in [-0.3, -0.25) is 4.79 Å². The number of rotatable bonds is 3. The van der Waals surface area contributed by atoms with Gasteiger partial charge >= 0.3 is 5.97 Å². The van der Waals surface area contributed by atoms with Crippen molar-refractivity contribution in [2.24, 2.45) is 5.41 Å². The van der Waals surface area contributed by atoms with Crippen LogP contribution in [0.15, 0.2) is 0 Å². The van der Waals surface area contributed by atoms with E-state index in [1.165, 1.54) is 0 Å². The molecule has 0 aromatic rings. The number of esters is 1. The molecule has 0 aromatic carbocycles. The van der Waals surface area contributed by atoms with Gasteiger partial charge in [0, 0.05) is 10.5 Å². The molecule has 2 atom stereocenters. The molecule has 1 heterocycles. The molecule has 2 unspecified atom stereocenters. The highest BCUT2D eigenvalue weighted by molar-refractivity contribution is 8.14. The van der Waals surface area contributed by atoms with Gasteiger partial charge in [0.05, 0.1) is 6.61 Å². The van der Waals surface area contributed by atoms with Crippen molar-refractivity contribution < 1.29 is 18.8 Å². The first kappa shape index (κ1) is 14.8. The van der Waals surface area contributed by atoms with Crippen molar-refractivity contribution in [3.63, 3.8) is 0 Å². The zero-order chi connectivity index (χ0) is 13.1. The van der Waals surface area contributed by atoms with E-state index in [9.17, 15) is 4.79 Å². The zero-order valence-electron chi connectivity index (χ0n) is 11.4. The van der Waals surface area contributed by atoms with Crippen LogP contribution in [0.4, 0.5) is 0 Å². The van der Waals surface area contributed by atoms with Gasteiger partial charge in [0.15, 0.2) is 0 Å². The first-order valence-corrected chi connectivity index (χ1v) is 7.48. The predicted octanol–water partition coefficient (Wildman–Crippen LogP) is 2.62. The van der Waals surface area contributed by atoms with Crippen molar-refractivity contribution in [2.75, 3.05) is 19.0 Å². The van der Waals surface area contributed by atoms with Crippen molar-refractivity contribution in [2.45, 2.75) is 45.8 Å². The Kier molecular flexibility index (Phi) is 4.86. The highest BCUT2D eigenvalue weighted by Crippen LogP contribution is 2.49. The molecule has 0 aromatic heterocycles. The second-order valence-electron chi connectivity index (χ2n) is 5.74. The van der Waals surface area contributed by atoms with Crippen LogP contribution in [0.25, 0.3) is 0 Å². The van der Waals surface area contributed by atoms with Crippen LogP contribution in [0, 0.1) is 5.41 Å². The summed E-state index contributed by atoms with van der Waals surface area (Å²) in [5.74, 6) is 0.536. The number of carbonyl (C=O) groups excluding carboxylic acids is 1. The van der Waals surface area contributed by atoms with Crippen molar-refractivity contribution in [1.29, 1.82) is 0 Å². The lowest BCUT2D eigenvalue weighted by Crippen LogP contribution is -2.43. The van der Waals surface area contributed by atoms with Gasteiger partial charge in [-0.1, -0.05) is 27.7 Å². The first-order valence-electron chi connectivity index (χ1n) is 6.04. The van der Waals surface area contributed by atoms with Crippen LogP contribution in [-0.4, -0.2) is 29.7 Å². The molecular weight excluding hydrogens is 240 g/mol. The fourth-order valence-corrected chi connectivity index (χ4v) is 3.24. The summed E-state index contributed by atoms with van der Waals surface area (Å²) in [5.41, 5.74) is -0.563. The molecule has 0 bridgehead atoms. The fraction of sp³-hybridized carbons (Fsp3) is 0.917. The van der Waals surface area contributed by atoms with E-state index in [1.807, 2.05) is 13.8 Å². The molecule has 0 spiro atoms. The second-order valence-corrected chi connectivity index (χ2v) is 8.30. The van der Waals surface area contributed by atoms with Gasteiger partial charge in [-0.25, -0.2) is 4.89 Å². The highest BCUT2D eigenvalue weighted by Gasteiger charge is 2.44. The summed E-state index contributed by atoms with van der Waals surface area (Å²) < 4.78 is 10.6. The van der Waals surface area contributed by atoms with E-state index in [4.69, 9.17) is 14.0 Å². The van der Waals surface area contributed by atoms with E-state index in [0.29, 0.717) is 12.4 Å². The Balaban J connectivity index is 2.66. The van der Waals surface area contributed by atoms with E-state index in [2.05, 4.69) is 20.8 Å². The van der Waals surface area contributed by atoms with E-state index in [-0.39, 0.29) is 17.3 Å². The lowest BCUT2D eigenvalue weighted by atomic mass is 9.95. The third-order valence-electron chi connectivity index (χ3n) is 2.69. The summed E-state index contributed by atoms with van der Waals surface area (Å²) in [7, 11) is 0. The minimum Gasteiger partial charge on any atom is -0.465 e. The van der Waals surface area contributed by atoms with Gasteiger partial charge < -0.3 is 4.74 Å². The van der Waals surface area contributed by atoms with Gasteiger partial charge in [0.2, 0.25) is 0 Å². The number of thiol groups is 1. The maximum absolute atomic E-state index is 12.0. The van der Waals surface area contributed by atoms with E-state index >= 15 is 0 Å². The maximum atomic E-state index is 12.0. The molecule has 5 heteroatoms. The Morgan fingerprint density at radius 1 is 1.47 bits per heavy atom. The van der Waals surface area contributed by atoms with Crippen LogP contribution in [-0.2, 0) is 18.8 Å².